The topological polar surface area (TPSA) is 57.7 Å². The van der Waals surface area contributed by atoms with Crippen molar-refractivity contribution in [1.82, 2.24) is 4.90 Å². The monoisotopic (exact) mass is 434 g/mol. The number of rotatable bonds is 13. The zero-order valence-electron chi connectivity index (χ0n) is 19.1. The lowest BCUT2D eigenvalue weighted by Crippen LogP contribution is -2.30. The van der Waals surface area contributed by atoms with E-state index in [0.29, 0.717) is 30.6 Å². The number of anilines is 1. The Labute approximate surface area is 191 Å². The molecule has 0 radical (unpaired) electrons. The first-order valence-corrected chi connectivity index (χ1v) is 11.9. The van der Waals surface area contributed by atoms with Crippen molar-refractivity contribution in [2.24, 2.45) is 0 Å². The Balaban J connectivity index is 1.22. The Hall–Kier alpha value is -2.95. The SMILES string of the molecule is CCN(C(=O)CCCCCCCCCCN1C(=O)c2ccccc2C1=O)c1ccccc1. The number of carbonyl (C=O) groups excluding carboxylic acids is 3. The number of benzene rings is 2. The number of nitrogens with zero attached hydrogens (tertiary/aromatic N) is 2. The molecule has 0 aromatic heterocycles. The molecule has 0 unspecified atom stereocenters. The van der Waals surface area contributed by atoms with Crippen molar-refractivity contribution in [2.45, 2.75) is 64.7 Å². The number of carbonyl (C=O) groups is 3. The van der Waals surface area contributed by atoms with Gasteiger partial charge in [0.05, 0.1) is 11.1 Å². The molecule has 0 atom stereocenters. The van der Waals surface area contributed by atoms with Gasteiger partial charge in [-0.2, -0.15) is 0 Å². The molecular weight excluding hydrogens is 400 g/mol. The fourth-order valence-electron chi connectivity index (χ4n) is 4.29. The normalized spacial score (nSPS) is 12.8. The van der Waals surface area contributed by atoms with Gasteiger partial charge in [0.2, 0.25) is 5.91 Å². The van der Waals surface area contributed by atoms with Crippen LogP contribution in [0.4, 0.5) is 5.69 Å². The van der Waals surface area contributed by atoms with Gasteiger partial charge in [-0.25, -0.2) is 0 Å². The van der Waals surface area contributed by atoms with Gasteiger partial charge in [-0.15, -0.1) is 0 Å². The van der Waals surface area contributed by atoms with Gasteiger partial charge in [0.25, 0.3) is 11.8 Å². The van der Waals surface area contributed by atoms with Crippen LogP contribution in [0.15, 0.2) is 54.6 Å². The number of para-hydroxylation sites is 1. The van der Waals surface area contributed by atoms with Gasteiger partial charge in [-0.1, -0.05) is 68.9 Å². The number of hydrogen-bond donors (Lipinski definition) is 0. The van der Waals surface area contributed by atoms with E-state index < -0.39 is 0 Å². The standard InChI is InChI=1S/C27H34N2O3/c1-2-28(22-16-10-9-11-17-22)25(30)20-12-7-5-3-4-6-8-15-21-29-26(31)23-18-13-14-19-24(23)27(29)32/h9-11,13-14,16-19H,2-8,12,15,20-21H2,1H3. The average Bonchev–Trinajstić information content (AvgIpc) is 3.06. The number of unbranched alkanes of at least 4 members (excludes halogenated alkanes) is 7. The molecule has 32 heavy (non-hydrogen) atoms. The first kappa shape index (κ1) is 23.7. The van der Waals surface area contributed by atoms with Crippen molar-refractivity contribution in [3.8, 4) is 0 Å². The molecule has 0 fully saturated rings. The highest BCUT2D eigenvalue weighted by atomic mass is 16.2. The van der Waals surface area contributed by atoms with E-state index in [1.54, 1.807) is 24.3 Å². The van der Waals surface area contributed by atoms with Gasteiger partial charge in [-0.3, -0.25) is 19.3 Å². The predicted molar refractivity (Wildman–Crippen MR) is 128 cm³/mol. The molecule has 1 aliphatic rings. The van der Waals surface area contributed by atoms with Crippen LogP contribution in [0.3, 0.4) is 0 Å². The van der Waals surface area contributed by atoms with E-state index in [-0.39, 0.29) is 17.7 Å². The molecule has 1 aliphatic heterocycles. The second-order valence-electron chi connectivity index (χ2n) is 8.36. The van der Waals surface area contributed by atoms with Crippen LogP contribution in [0.1, 0.15) is 85.4 Å². The molecule has 0 saturated heterocycles. The zero-order chi connectivity index (χ0) is 22.8. The van der Waals surface area contributed by atoms with Crippen LogP contribution in [0, 0.1) is 0 Å². The first-order valence-electron chi connectivity index (χ1n) is 11.9. The van der Waals surface area contributed by atoms with E-state index in [9.17, 15) is 14.4 Å². The Morgan fingerprint density at radius 2 is 1.22 bits per heavy atom. The van der Waals surface area contributed by atoms with Gasteiger partial charge >= 0.3 is 0 Å². The van der Waals surface area contributed by atoms with E-state index in [2.05, 4.69) is 0 Å². The number of fused-ring (bicyclic) bond motifs is 1. The highest BCUT2D eigenvalue weighted by molar-refractivity contribution is 6.21. The van der Waals surface area contributed by atoms with Crippen LogP contribution in [-0.4, -0.2) is 35.7 Å². The molecule has 0 spiro atoms. The lowest BCUT2D eigenvalue weighted by molar-refractivity contribution is -0.118. The summed E-state index contributed by atoms with van der Waals surface area (Å²) in [6.07, 6.45) is 9.06. The van der Waals surface area contributed by atoms with Crippen molar-refractivity contribution >= 4 is 23.4 Å². The molecule has 2 aromatic rings. The molecule has 0 aliphatic carbocycles. The quantitative estimate of drug-likeness (QED) is 0.294. The smallest absolute Gasteiger partial charge is 0.261 e. The maximum absolute atomic E-state index is 12.5. The van der Waals surface area contributed by atoms with E-state index in [0.717, 1.165) is 57.1 Å². The lowest BCUT2D eigenvalue weighted by Gasteiger charge is -2.21. The fourth-order valence-corrected chi connectivity index (χ4v) is 4.29. The molecule has 2 aromatic carbocycles. The number of amides is 3. The third-order valence-electron chi connectivity index (χ3n) is 6.09. The van der Waals surface area contributed by atoms with Crippen LogP contribution in [0.5, 0.6) is 0 Å². The summed E-state index contributed by atoms with van der Waals surface area (Å²) in [6.45, 7) is 3.21. The molecular formula is C27H34N2O3. The first-order chi connectivity index (χ1) is 15.6. The second kappa shape index (κ2) is 12.2. The zero-order valence-corrected chi connectivity index (χ0v) is 19.1. The summed E-state index contributed by atoms with van der Waals surface area (Å²) in [5, 5.41) is 0. The molecule has 0 bridgehead atoms. The van der Waals surface area contributed by atoms with Crippen molar-refractivity contribution in [2.75, 3.05) is 18.0 Å². The fraction of sp³-hybridized carbons (Fsp3) is 0.444. The Bertz CT molecular complexity index is 875. The average molecular weight is 435 g/mol. The molecule has 3 rings (SSSR count). The van der Waals surface area contributed by atoms with E-state index in [4.69, 9.17) is 0 Å². The summed E-state index contributed by atoms with van der Waals surface area (Å²) < 4.78 is 0. The van der Waals surface area contributed by atoms with Crippen LogP contribution in [0.2, 0.25) is 0 Å². The molecule has 0 saturated carbocycles. The summed E-state index contributed by atoms with van der Waals surface area (Å²) in [4.78, 5) is 40.4. The predicted octanol–water partition coefficient (Wildman–Crippen LogP) is 5.85. The van der Waals surface area contributed by atoms with Crippen LogP contribution >= 0.6 is 0 Å². The Morgan fingerprint density at radius 1 is 0.719 bits per heavy atom. The van der Waals surface area contributed by atoms with Crippen LogP contribution in [0.25, 0.3) is 0 Å². The van der Waals surface area contributed by atoms with E-state index in [1.165, 1.54) is 4.90 Å². The maximum Gasteiger partial charge on any atom is 0.261 e. The highest BCUT2D eigenvalue weighted by Crippen LogP contribution is 2.23. The van der Waals surface area contributed by atoms with Crippen LogP contribution < -0.4 is 4.90 Å². The maximum atomic E-state index is 12.5. The summed E-state index contributed by atoms with van der Waals surface area (Å²) in [5.41, 5.74) is 2.03. The Kier molecular flexibility index (Phi) is 9.02. The largest absolute Gasteiger partial charge is 0.313 e. The molecule has 1 heterocycles. The Morgan fingerprint density at radius 3 is 1.78 bits per heavy atom. The minimum absolute atomic E-state index is 0.158. The van der Waals surface area contributed by atoms with Crippen molar-refractivity contribution in [3.05, 3.63) is 65.7 Å². The number of imide groups is 1. The summed E-state index contributed by atoms with van der Waals surface area (Å²) in [5.74, 6) is -0.116. The summed E-state index contributed by atoms with van der Waals surface area (Å²) in [6, 6.07) is 16.9. The van der Waals surface area contributed by atoms with Crippen molar-refractivity contribution < 1.29 is 14.4 Å². The molecule has 3 amide bonds. The van der Waals surface area contributed by atoms with E-state index >= 15 is 0 Å². The van der Waals surface area contributed by atoms with Gasteiger partial charge < -0.3 is 4.90 Å². The van der Waals surface area contributed by atoms with Crippen LogP contribution in [-0.2, 0) is 4.79 Å². The third kappa shape index (κ3) is 6.06. The van der Waals surface area contributed by atoms with Gasteiger partial charge in [-0.05, 0) is 44.0 Å². The number of hydrogen-bond acceptors (Lipinski definition) is 3. The van der Waals surface area contributed by atoms with Gasteiger partial charge in [0.15, 0.2) is 0 Å². The van der Waals surface area contributed by atoms with E-state index in [1.807, 2.05) is 42.2 Å². The van der Waals surface area contributed by atoms with Crippen molar-refractivity contribution in [1.29, 1.82) is 0 Å². The summed E-state index contributed by atoms with van der Waals surface area (Å²) >= 11 is 0. The second-order valence-corrected chi connectivity index (χ2v) is 8.36. The minimum Gasteiger partial charge on any atom is -0.313 e. The third-order valence-corrected chi connectivity index (χ3v) is 6.09. The minimum atomic E-state index is -0.158. The van der Waals surface area contributed by atoms with Crippen molar-refractivity contribution in [3.63, 3.8) is 0 Å². The highest BCUT2D eigenvalue weighted by Gasteiger charge is 2.34. The molecule has 170 valence electrons. The molecule has 5 nitrogen and oxygen atoms in total. The molecule has 5 heteroatoms. The molecule has 0 N–H and O–H groups in total. The van der Waals surface area contributed by atoms with Gasteiger partial charge in [0, 0.05) is 25.2 Å². The lowest BCUT2D eigenvalue weighted by atomic mass is 10.1. The summed E-state index contributed by atoms with van der Waals surface area (Å²) in [7, 11) is 0. The van der Waals surface area contributed by atoms with Gasteiger partial charge in [0.1, 0.15) is 0 Å².